The molecule has 0 radical (unpaired) electrons. The number of unbranched alkanes of at least 4 members (excludes halogenated alkanes) is 1. The van der Waals surface area contributed by atoms with Crippen molar-refractivity contribution in [2.24, 2.45) is 45.9 Å². The fourth-order valence-corrected chi connectivity index (χ4v) is 7.27. The van der Waals surface area contributed by atoms with E-state index in [1.807, 2.05) is 0 Å². The average Bonchev–Trinajstić information content (AvgIpc) is 3.18. The van der Waals surface area contributed by atoms with Gasteiger partial charge in [0.2, 0.25) is 0 Å². The second-order valence-corrected chi connectivity index (χ2v) is 15.3. The molecule has 0 aromatic rings. The standard InChI is InChI=1S/C40H96N14/c41-15-3-25-49(26-4-16-42)23-1-2-24-50(33-11-35-51(27-5-17-43)28-6-18-44)34-12-38-54(39-13-36-52(29-7-19-45)30-8-20-46)40-14-37-53(31-9-21-47)32-10-22-48/h1-48H2. The van der Waals surface area contributed by atoms with Gasteiger partial charge in [0, 0.05) is 0 Å². The van der Waals surface area contributed by atoms with Crippen LogP contribution in [-0.4, -0.2) is 200 Å². The Morgan fingerprint density at radius 2 is 0.259 bits per heavy atom. The molecule has 0 saturated heterocycles. The highest BCUT2D eigenvalue weighted by Gasteiger charge is 2.13. The van der Waals surface area contributed by atoms with Crippen LogP contribution >= 0.6 is 0 Å². The zero-order chi connectivity index (χ0) is 39.7. The maximum atomic E-state index is 5.87. The van der Waals surface area contributed by atoms with Gasteiger partial charge in [-0.2, -0.15) is 0 Å². The minimum atomic E-state index is 0.743. The highest BCUT2D eigenvalue weighted by molar-refractivity contribution is 4.70. The fourth-order valence-electron chi connectivity index (χ4n) is 7.27. The summed E-state index contributed by atoms with van der Waals surface area (Å²) in [5, 5.41) is 0. The normalized spacial score (nSPS) is 12.3. The van der Waals surface area contributed by atoms with Crippen LogP contribution in [0.1, 0.15) is 89.9 Å². The Kier molecular flexibility index (Phi) is 41.6. The van der Waals surface area contributed by atoms with E-state index in [2.05, 4.69) is 29.4 Å². The molecule has 0 aliphatic rings. The number of hydrogen-bond donors (Lipinski definition) is 8. The third kappa shape index (κ3) is 33.6. The molecule has 0 fully saturated rings. The van der Waals surface area contributed by atoms with Gasteiger partial charge in [-0.25, -0.2) is 0 Å². The van der Waals surface area contributed by atoms with Crippen LogP contribution in [0.25, 0.3) is 0 Å². The predicted molar refractivity (Wildman–Crippen MR) is 236 cm³/mol. The van der Waals surface area contributed by atoms with Crippen LogP contribution in [0, 0.1) is 0 Å². The zero-order valence-corrected chi connectivity index (χ0v) is 35.6. The third-order valence-corrected chi connectivity index (χ3v) is 10.4. The Bertz CT molecular complexity index is 666. The van der Waals surface area contributed by atoms with Crippen LogP contribution in [0.3, 0.4) is 0 Å². The molecule has 14 nitrogen and oxygen atoms in total. The van der Waals surface area contributed by atoms with Gasteiger partial charge in [-0.3, -0.25) is 0 Å². The molecule has 16 N–H and O–H groups in total. The molecule has 0 aliphatic carbocycles. The molecule has 0 aromatic heterocycles. The van der Waals surface area contributed by atoms with Crippen LogP contribution in [-0.2, 0) is 0 Å². The first-order chi connectivity index (χ1) is 26.5. The second-order valence-electron chi connectivity index (χ2n) is 15.3. The molecule has 0 bridgehead atoms. The van der Waals surface area contributed by atoms with E-state index < -0.39 is 0 Å². The molecule has 0 heterocycles. The first-order valence-corrected chi connectivity index (χ1v) is 22.5. The van der Waals surface area contributed by atoms with Gasteiger partial charge in [0.05, 0.1) is 0 Å². The van der Waals surface area contributed by atoms with E-state index in [0.717, 1.165) is 222 Å². The largest absolute Gasteiger partial charge is 0.330 e. The van der Waals surface area contributed by atoms with Gasteiger partial charge in [-0.15, -0.1) is 0 Å². The van der Waals surface area contributed by atoms with Crippen molar-refractivity contribution >= 4 is 0 Å². The summed E-state index contributed by atoms with van der Waals surface area (Å²) in [6, 6.07) is 0. The number of rotatable bonds is 45. The van der Waals surface area contributed by atoms with Gasteiger partial charge in [0.15, 0.2) is 0 Å². The Balaban J connectivity index is 5.50. The molecular formula is C40H96N14. The zero-order valence-electron chi connectivity index (χ0n) is 35.6. The van der Waals surface area contributed by atoms with Gasteiger partial charge in [0.25, 0.3) is 0 Å². The summed E-state index contributed by atoms with van der Waals surface area (Å²) in [6.45, 7) is 25.8. The molecule has 326 valence electrons. The number of nitrogens with zero attached hydrogens (tertiary/aromatic N) is 6. The smallest absolute Gasteiger partial charge is 0.000653 e. The van der Waals surface area contributed by atoms with Crippen LogP contribution < -0.4 is 45.9 Å². The van der Waals surface area contributed by atoms with E-state index in [-0.39, 0.29) is 0 Å². The van der Waals surface area contributed by atoms with Crippen molar-refractivity contribution < 1.29 is 0 Å². The Morgan fingerprint density at radius 3 is 0.389 bits per heavy atom. The number of nitrogens with two attached hydrogens (primary N) is 8. The van der Waals surface area contributed by atoms with Gasteiger partial charge < -0.3 is 75.3 Å². The van der Waals surface area contributed by atoms with Crippen LogP contribution in [0.5, 0.6) is 0 Å². The van der Waals surface area contributed by atoms with E-state index in [1.54, 1.807) is 0 Å². The summed E-state index contributed by atoms with van der Waals surface area (Å²) >= 11 is 0. The van der Waals surface area contributed by atoms with Crippen molar-refractivity contribution in [1.82, 2.24) is 29.4 Å². The molecule has 0 saturated carbocycles. The fraction of sp³-hybridized carbons (Fsp3) is 1.00. The molecule has 0 atom stereocenters. The summed E-state index contributed by atoms with van der Waals surface area (Å²) in [5.74, 6) is 0. The summed E-state index contributed by atoms with van der Waals surface area (Å²) in [7, 11) is 0. The highest BCUT2D eigenvalue weighted by Crippen LogP contribution is 2.07. The maximum absolute atomic E-state index is 5.87. The van der Waals surface area contributed by atoms with Crippen molar-refractivity contribution in [3.63, 3.8) is 0 Å². The SMILES string of the molecule is NCCCN(CCCN)CCCCN(CCCN(CCCN)CCCN)CCCN(CCCN(CCCN)CCCN)CCCN(CCCN)CCCN. The molecule has 0 rings (SSSR count). The topological polar surface area (TPSA) is 228 Å². The Labute approximate surface area is 334 Å². The average molecular weight is 773 g/mol. The molecule has 0 aliphatic heterocycles. The lowest BCUT2D eigenvalue weighted by Crippen LogP contribution is -2.37. The molecule has 0 aromatic carbocycles. The predicted octanol–water partition coefficient (Wildman–Crippen LogP) is -0.0706. The number of hydrogen-bond acceptors (Lipinski definition) is 14. The van der Waals surface area contributed by atoms with E-state index in [9.17, 15) is 0 Å². The van der Waals surface area contributed by atoms with Gasteiger partial charge in [0.1, 0.15) is 0 Å². The van der Waals surface area contributed by atoms with Crippen molar-refractivity contribution in [2.75, 3.05) is 170 Å². The summed E-state index contributed by atoms with van der Waals surface area (Å²) < 4.78 is 0. The summed E-state index contributed by atoms with van der Waals surface area (Å²) in [6.07, 6.45) is 15.5. The Hall–Kier alpha value is -0.560. The minimum absolute atomic E-state index is 0.743. The van der Waals surface area contributed by atoms with Crippen LogP contribution in [0.2, 0.25) is 0 Å². The van der Waals surface area contributed by atoms with Crippen molar-refractivity contribution in [3.05, 3.63) is 0 Å². The minimum Gasteiger partial charge on any atom is -0.330 e. The quantitative estimate of drug-likeness (QED) is 0.0380. The van der Waals surface area contributed by atoms with E-state index in [4.69, 9.17) is 45.9 Å². The highest BCUT2D eigenvalue weighted by atomic mass is 15.2. The first kappa shape index (κ1) is 53.4. The maximum Gasteiger partial charge on any atom is -0.000653 e. The van der Waals surface area contributed by atoms with Crippen molar-refractivity contribution in [3.8, 4) is 0 Å². The van der Waals surface area contributed by atoms with Gasteiger partial charge in [-0.05, 0) is 260 Å². The first-order valence-electron chi connectivity index (χ1n) is 22.5. The van der Waals surface area contributed by atoms with E-state index in [1.165, 1.54) is 38.5 Å². The summed E-state index contributed by atoms with van der Waals surface area (Å²) in [4.78, 5) is 15.8. The van der Waals surface area contributed by atoms with Crippen LogP contribution in [0.4, 0.5) is 0 Å². The lowest BCUT2D eigenvalue weighted by atomic mass is 10.2. The van der Waals surface area contributed by atoms with E-state index in [0.29, 0.717) is 0 Å². The van der Waals surface area contributed by atoms with Crippen molar-refractivity contribution in [1.29, 1.82) is 0 Å². The molecule has 54 heavy (non-hydrogen) atoms. The monoisotopic (exact) mass is 773 g/mol. The molecule has 0 spiro atoms. The third-order valence-electron chi connectivity index (χ3n) is 10.4. The Morgan fingerprint density at radius 1 is 0.148 bits per heavy atom. The lowest BCUT2D eigenvalue weighted by molar-refractivity contribution is 0.185. The van der Waals surface area contributed by atoms with Gasteiger partial charge >= 0.3 is 0 Å². The molecule has 14 heteroatoms. The summed E-state index contributed by atoms with van der Waals surface area (Å²) in [5.41, 5.74) is 46.9. The molecule has 0 unspecified atom stereocenters. The molecular weight excluding hydrogens is 677 g/mol. The van der Waals surface area contributed by atoms with Crippen molar-refractivity contribution in [2.45, 2.75) is 89.9 Å². The van der Waals surface area contributed by atoms with Crippen LogP contribution in [0.15, 0.2) is 0 Å². The lowest BCUT2D eigenvalue weighted by Gasteiger charge is -2.29. The van der Waals surface area contributed by atoms with E-state index >= 15 is 0 Å². The van der Waals surface area contributed by atoms with Gasteiger partial charge in [-0.1, -0.05) is 0 Å². The molecule has 0 amide bonds. The second kappa shape index (κ2) is 42.1.